The molecule has 0 atom stereocenters. The van der Waals surface area contributed by atoms with Crippen LogP contribution >= 0.6 is 11.6 Å². The molecule has 0 saturated heterocycles. The number of benzene rings is 2. The van der Waals surface area contributed by atoms with Gasteiger partial charge in [0.05, 0.1) is 12.8 Å². The van der Waals surface area contributed by atoms with Crippen LogP contribution < -0.4 is 15.0 Å². The van der Waals surface area contributed by atoms with Gasteiger partial charge in [0, 0.05) is 17.3 Å². The van der Waals surface area contributed by atoms with Gasteiger partial charge in [0.1, 0.15) is 5.75 Å². The van der Waals surface area contributed by atoms with E-state index >= 15 is 0 Å². The standard InChI is InChI=1S/C17H19ClN2O2/c1-4-20(14-7-5-6-12(2)10-14)17(21)19-15-11-13(18)8-9-16(15)22-3/h5-11H,4H2,1-3H3,(H,19,21). The van der Waals surface area contributed by atoms with Gasteiger partial charge in [0.25, 0.3) is 0 Å². The number of urea groups is 1. The van der Waals surface area contributed by atoms with Crippen molar-refractivity contribution in [1.82, 2.24) is 0 Å². The topological polar surface area (TPSA) is 41.6 Å². The van der Waals surface area contributed by atoms with Crippen molar-refractivity contribution in [3.05, 3.63) is 53.1 Å². The minimum Gasteiger partial charge on any atom is -0.495 e. The minimum absolute atomic E-state index is 0.228. The van der Waals surface area contributed by atoms with E-state index in [1.54, 1.807) is 30.2 Å². The number of rotatable bonds is 4. The monoisotopic (exact) mass is 318 g/mol. The van der Waals surface area contributed by atoms with Gasteiger partial charge in [0.2, 0.25) is 0 Å². The first-order valence-electron chi connectivity index (χ1n) is 7.04. The highest BCUT2D eigenvalue weighted by molar-refractivity contribution is 6.31. The second kappa shape index (κ2) is 7.18. The average molecular weight is 319 g/mol. The van der Waals surface area contributed by atoms with Gasteiger partial charge in [-0.3, -0.25) is 4.90 Å². The predicted molar refractivity (Wildman–Crippen MR) is 91.2 cm³/mol. The lowest BCUT2D eigenvalue weighted by Gasteiger charge is -2.22. The molecule has 0 bridgehead atoms. The Kier molecular flexibility index (Phi) is 5.28. The number of carbonyl (C=O) groups excluding carboxylic acids is 1. The molecule has 1 N–H and O–H groups in total. The van der Waals surface area contributed by atoms with Crippen LogP contribution in [-0.2, 0) is 0 Å². The van der Waals surface area contributed by atoms with Crippen molar-refractivity contribution >= 4 is 29.0 Å². The van der Waals surface area contributed by atoms with Crippen LogP contribution in [0.1, 0.15) is 12.5 Å². The summed E-state index contributed by atoms with van der Waals surface area (Å²) in [4.78, 5) is 14.2. The minimum atomic E-state index is -0.228. The Balaban J connectivity index is 2.25. The summed E-state index contributed by atoms with van der Waals surface area (Å²) in [5, 5.41) is 3.39. The lowest BCUT2D eigenvalue weighted by Crippen LogP contribution is -2.34. The van der Waals surface area contributed by atoms with E-state index in [-0.39, 0.29) is 6.03 Å². The Hall–Kier alpha value is -2.20. The molecule has 116 valence electrons. The van der Waals surface area contributed by atoms with E-state index in [1.165, 1.54) is 0 Å². The summed E-state index contributed by atoms with van der Waals surface area (Å²) in [6, 6.07) is 12.7. The Morgan fingerprint density at radius 2 is 2.05 bits per heavy atom. The SMILES string of the molecule is CCN(C(=O)Nc1cc(Cl)ccc1OC)c1cccc(C)c1. The number of hydrogen-bond acceptors (Lipinski definition) is 2. The molecule has 0 fully saturated rings. The molecule has 5 heteroatoms. The molecule has 0 saturated carbocycles. The summed E-state index contributed by atoms with van der Waals surface area (Å²) in [5.41, 5.74) is 2.50. The molecule has 2 rings (SSSR count). The molecule has 0 aliphatic heterocycles. The highest BCUT2D eigenvalue weighted by atomic mass is 35.5. The summed E-state index contributed by atoms with van der Waals surface area (Å²) < 4.78 is 5.25. The van der Waals surface area contributed by atoms with Crippen LogP contribution in [0.4, 0.5) is 16.2 Å². The first-order chi connectivity index (χ1) is 10.5. The van der Waals surface area contributed by atoms with Crippen LogP contribution in [0.3, 0.4) is 0 Å². The van der Waals surface area contributed by atoms with Crippen LogP contribution in [0.25, 0.3) is 0 Å². The quantitative estimate of drug-likeness (QED) is 0.886. The molecule has 0 spiro atoms. The zero-order valence-corrected chi connectivity index (χ0v) is 13.6. The number of nitrogens with one attached hydrogen (secondary N) is 1. The molecule has 0 heterocycles. The molecule has 4 nitrogen and oxygen atoms in total. The third-order valence-electron chi connectivity index (χ3n) is 3.28. The molecule has 0 aromatic heterocycles. The Bertz CT molecular complexity index is 673. The van der Waals surface area contributed by atoms with E-state index < -0.39 is 0 Å². The molecule has 0 aliphatic rings. The fourth-order valence-electron chi connectivity index (χ4n) is 2.20. The number of nitrogens with zero attached hydrogens (tertiary/aromatic N) is 1. The fourth-order valence-corrected chi connectivity index (χ4v) is 2.37. The van der Waals surface area contributed by atoms with E-state index in [9.17, 15) is 4.79 Å². The van der Waals surface area contributed by atoms with Gasteiger partial charge >= 0.3 is 6.03 Å². The molecular formula is C17H19ClN2O2. The summed E-state index contributed by atoms with van der Waals surface area (Å²) >= 11 is 5.99. The Morgan fingerprint density at radius 3 is 2.68 bits per heavy atom. The molecule has 2 amide bonds. The van der Waals surface area contributed by atoms with Crippen molar-refractivity contribution in [2.24, 2.45) is 0 Å². The van der Waals surface area contributed by atoms with E-state index in [2.05, 4.69) is 5.32 Å². The van der Waals surface area contributed by atoms with Gasteiger partial charge in [0.15, 0.2) is 0 Å². The van der Waals surface area contributed by atoms with Gasteiger partial charge < -0.3 is 10.1 Å². The maximum absolute atomic E-state index is 12.6. The molecular weight excluding hydrogens is 300 g/mol. The normalized spacial score (nSPS) is 10.2. The zero-order valence-electron chi connectivity index (χ0n) is 12.9. The predicted octanol–water partition coefficient (Wildman–Crippen LogP) is 4.72. The summed E-state index contributed by atoms with van der Waals surface area (Å²) in [7, 11) is 1.55. The largest absolute Gasteiger partial charge is 0.495 e. The third-order valence-corrected chi connectivity index (χ3v) is 3.51. The maximum Gasteiger partial charge on any atom is 0.326 e. The number of halogens is 1. The first-order valence-corrected chi connectivity index (χ1v) is 7.41. The van der Waals surface area contributed by atoms with E-state index in [4.69, 9.17) is 16.3 Å². The number of amides is 2. The molecule has 22 heavy (non-hydrogen) atoms. The van der Waals surface area contributed by atoms with Crippen LogP contribution in [0.5, 0.6) is 5.75 Å². The highest BCUT2D eigenvalue weighted by Gasteiger charge is 2.16. The fraction of sp³-hybridized carbons (Fsp3) is 0.235. The first kappa shape index (κ1) is 16.2. The van der Waals surface area contributed by atoms with Crippen molar-refractivity contribution in [1.29, 1.82) is 0 Å². The van der Waals surface area contributed by atoms with Crippen LogP contribution in [0.2, 0.25) is 5.02 Å². The second-order valence-corrected chi connectivity index (χ2v) is 5.29. The van der Waals surface area contributed by atoms with Crippen LogP contribution in [-0.4, -0.2) is 19.7 Å². The smallest absolute Gasteiger partial charge is 0.326 e. The van der Waals surface area contributed by atoms with Crippen molar-refractivity contribution in [2.45, 2.75) is 13.8 Å². The lowest BCUT2D eigenvalue weighted by atomic mass is 10.2. The van der Waals surface area contributed by atoms with Crippen LogP contribution in [0.15, 0.2) is 42.5 Å². The van der Waals surface area contributed by atoms with Crippen molar-refractivity contribution in [3.63, 3.8) is 0 Å². The lowest BCUT2D eigenvalue weighted by molar-refractivity contribution is 0.257. The number of carbonyl (C=O) groups is 1. The zero-order chi connectivity index (χ0) is 16.1. The second-order valence-electron chi connectivity index (χ2n) is 4.86. The summed E-state index contributed by atoms with van der Waals surface area (Å²) in [5.74, 6) is 0.568. The van der Waals surface area contributed by atoms with Gasteiger partial charge in [-0.1, -0.05) is 23.7 Å². The van der Waals surface area contributed by atoms with E-state index in [0.717, 1.165) is 11.3 Å². The number of hydrogen-bond donors (Lipinski definition) is 1. The number of aryl methyl sites for hydroxylation is 1. The van der Waals surface area contributed by atoms with Gasteiger partial charge in [-0.25, -0.2) is 4.79 Å². The van der Waals surface area contributed by atoms with E-state index in [1.807, 2.05) is 38.1 Å². The van der Waals surface area contributed by atoms with Crippen molar-refractivity contribution in [2.75, 3.05) is 23.9 Å². The number of ether oxygens (including phenoxy) is 1. The van der Waals surface area contributed by atoms with Crippen molar-refractivity contribution < 1.29 is 9.53 Å². The summed E-state index contributed by atoms with van der Waals surface area (Å²) in [6.07, 6.45) is 0. The molecule has 2 aromatic rings. The molecule has 2 aromatic carbocycles. The summed E-state index contributed by atoms with van der Waals surface area (Å²) in [6.45, 7) is 4.48. The van der Waals surface area contributed by atoms with Gasteiger partial charge in [-0.2, -0.15) is 0 Å². The van der Waals surface area contributed by atoms with Crippen molar-refractivity contribution in [3.8, 4) is 5.75 Å². The van der Waals surface area contributed by atoms with E-state index in [0.29, 0.717) is 23.0 Å². The van der Waals surface area contributed by atoms with Gasteiger partial charge in [-0.05, 0) is 49.7 Å². The third kappa shape index (κ3) is 3.71. The number of anilines is 2. The van der Waals surface area contributed by atoms with Crippen LogP contribution in [0, 0.1) is 6.92 Å². The average Bonchev–Trinajstić information content (AvgIpc) is 2.48. The number of methoxy groups -OCH3 is 1. The Labute approximate surface area is 135 Å². The highest BCUT2D eigenvalue weighted by Crippen LogP contribution is 2.28. The molecule has 0 aliphatic carbocycles. The molecule has 0 radical (unpaired) electrons. The Morgan fingerprint density at radius 1 is 1.27 bits per heavy atom. The van der Waals surface area contributed by atoms with Gasteiger partial charge in [-0.15, -0.1) is 0 Å². The molecule has 0 unspecified atom stereocenters. The maximum atomic E-state index is 12.6.